The number of carbonyl (C=O) groups excluding carboxylic acids is 1. The Kier molecular flexibility index (Phi) is 7.04. The van der Waals surface area contributed by atoms with Crippen LogP contribution in [0.1, 0.15) is 30.7 Å². The van der Waals surface area contributed by atoms with Crippen LogP contribution in [0.5, 0.6) is 5.75 Å². The third-order valence-electron chi connectivity index (χ3n) is 4.93. The number of hydrogen-bond acceptors (Lipinski definition) is 6. The number of ether oxygens (including phenoxy) is 1. The van der Waals surface area contributed by atoms with Gasteiger partial charge in [-0.2, -0.15) is 18.3 Å². The highest BCUT2D eigenvalue weighted by Crippen LogP contribution is 2.39. The summed E-state index contributed by atoms with van der Waals surface area (Å²) in [6, 6.07) is 4.72. The lowest BCUT2D eigenvalue weighted by molar-refractivity contribution is -0.153. The maximum absolute atomic E-state index is 14.4. The van der Waals surface area contributed by atoms with Crippen LogP contribution in [0.2, 0.25) is 5.02 Å². The first-order chi connectivity index (χ1) is 14.7. The molecule has 0 spiro atoms. The average molecular weight is 462 g/mol. The lowest BCUT2D eigenvalue weighted by Gasteiger charge is -2.34. The molecule has 1 fully saturated rings. The number of alkyl halides is 3. The Bertz CT molecular complexity index is 936. The maximum Gasteiger partial charge on any atom is 0.397 e. The number of aromatic nitrogens is 2. The van der Waals surface area contributed by atoms with E-state index < -0.39 is 18.5 Å². The fourth-order valence-electron chi connectivity index (χ4n) is 3.52. The topological polar surface area (TPSA) is 79.4 Å². The van der Waals surface area contributed by atoms with E-state index in [9.17, 15) is 22.4 Å². The molecule has 2 heterocycles. The van der Waals surface area contributed by atoms with Crippen LogP contribution in [0.25, 0.3) is 0 Å². The van der Waals surface area contributed by atoms with Crippen molar-refractivity contribution in [1.29, 1.82) is 0 Å². The van der Waals surface area contributed by atoms with Gasteiger partial charge in [0.25, 0.3) is 0 Å². The van der Waals surface area contributed by atoms with Gasteiger partial charge >= 0.3 is 6.18 Å². The normalized spacial score (nSPS) is 15.0. The first kappa shape index (κ1) is 22.9. The highest BCUT2D eigenvalue weighted by Gasteiger charge is 2.31. The van der Waals surface area contributed by atoms with Crippen molar-refractivity contribution >= 4 is 29.0 Å². The Morgan fingerprint density at radius 1 is 1.32 bits per heavy atom. The van der Waals surface area contributed by atoms with Crippen LogP contribution in [-0.2, 0) is 4.79 Å². The second-order valence-corrected chi connectivity index (χ2v) is 7.35. The van der Waals surface area contributed by atoms with Crippen LogP contribution in [-0.4, -0.2) is 42.5 Å². The molecule has 168 valence electrons. The summed E-state index contributed by atoms with van der Waals surface area (Å²) in [5.74, 6) is -1.21. The van der Waals surface area contributed by atoms with E-state index in [1.54, 1.807) is 12.1 Å². The molecule has 0 atom stereocenters. The minimum atomic E-state index is -4.63. The molecule has 1 aromatic carbocycles. The number of anilines is 2. The Morgan fingerprint density at radius 2 is 2.03 bits per heavy atom. The summed E-state index contributed by atoms with van der Waals surface area (Å²) in [7, 11) is 1.50. The fraction of sp³-hybridized carbons (Fsp3) is 0.421. The lowest BCUT2D eigenvalue weighted by Crippen LogP contribution is -2.35. The van der Waals surface area contributed by atoms with Crippen molar-refractivity contribution in [3.8, 4) is 5.75 Å². The number of nitrogens with one attached hydrogen (secondary N) is 2. The summed E-state index contributed by atoms with van der Waals surface area (Å²) in [6.07, 6.45) is -3.59. The van der Waals surface area contributed by atoms with E-state index in [4.69, 9.17) is 16.3 Å². The quantitative estimate of drug-likeness (QED) is 0.499. The molecule has 2 aromatic rings. The molecule has 3 rings (SSSR count). The molecule has 0 aliphatic carbocycles. The van der Waals surface area contributed by atoms with Crippen molar-refractivity contribution < 1.29 is 27.1 Å². The number of hydrazine groups is 1. The third-order valence-corrected chi connectivity index (χ3v) is 5.30. The highest BCUT2D eigenvalue weighted by atomic mass is 35.5. The van der Waals surface area contributed by atoms with Crippen LogP contribution in [0.3, 0.4) is 0 Å². The van der Waals surface area contributed by atoms with Crippen molar-refractivity contribution in [2.45, 2.75) is 31.4 Å². The van der Waals surface area contributed by atoms with Gasteiger partial charge in [0.1, 0.15) is 23.0 Å². The van der Waals surface area contributed by atoms with Crippen LogP contribution >= 0.6 is 11.6 Å². The second kappa shape index (κ2) is 9.54. The standard InChI is InChI=1S/C19H20ClF4N5O2/c1-31-14-4-2-3-12(21)16(14)11-5-7-29(8-6-11)13-10-25-27-18(17(13)20)28-26-15(30)9-19(22,23)24/h2-4,10-11H,5-9H2,1H3,(H,26,30)(H,27,28). The zero-order valence-electron chi connectivity index (χ0n) is 16.5. The van der Waals surface area contributed by atoms with E-state index >= 15 is 0 Å². The fourth-order valence-corrected chi connectivity index (χ4v) is 3.77. The second-order valence-electron chi connectivity index (χ2n) is 6.97. The van der Waals surface area contributed by atoms with Crippen molar-refractivity contribution in [2.24, 2.45) is 0 Å². The number of hydrogen-bond donors (Lipinski definition) is 2. The molecule has 0 radical (unpaired) electrons. The monoisotopic (exact) mass is 461 g/mol. The molecule has 2 N–H and O–H groups in total. The summed E-state index contributed by atoms with van der Waals surface area (Å²) in [4.78, 5) is 13.3. The average Bonchev–Trinajstić information content (AvgIpc) is 2.72. The largest absolute Gasteiger partial charge is 0.496 e. The third kappa shape index (κ3) is 5.66. The molecule has 7 nitrogen and oxygen atoms in total. The SMILES string of the molecule is COc1cccc(F)c1C1CCN(c2cnnc(NNC(=O)CC(F)(F)F)c2Cl)CC1. The van der Waals surface area contributed by atoms with Crippen molar-refractivity contribution in [3.63, 3.8) is 0 Å². The van der Waals surface area contributed by atoms with Gasteiger partial charge in [-0.15, -0.1) is 5.10 Å². The van der Waals surface area contributed by atoms with Gasteiger partial charge in [-0.3, -0.25) is 15.6 Å². The first-order valence-corrected chi connectivity index (χ1v) is 9.77. The number of benzene rings is 1. The number of methoxy groups -OCH3 is 1. The Morgan fingerprint density at radius 3 is 2.68 bits per heavy atom. The molecule has 0 saturated carbocycles. The summed E-state index contributed by atoms with van der Waals surface area (Å²) < 4.78 is 56.5. The molecule has 1 aromatic heterocycles. The van der Waals surface area contributed by atoms with Crippen LogP contribution < -0.4 is 20.5 Å². The van der Waals surface area contributed by atoms with Crippen molar-refractivity contribution in [3.05, 3.63) is 40.8 Å². The molecule has 1 aliphatic rings. The van der Waals surface area contributed by atoms with Gasteiger partial charge < -0.3 is 9.64 Å². The van der Waals surface area contributed by atoms with Gasteiger partial charge in [0.05, 0.1) is 19.0 Å². The van der Waals surface area contributed by atoms with E-state index in [0.717, 1.165) is 0 Å². The van der Waals surface area contributed by atoms with E-state index in [-0.39, 0.29) is 22.6 Å². The van der Waals surface area contributed by atoms with Crippen LogP contribution in [0.4, 0.5) is 29.1 Å². The lowest BCUT2D eigenvalue weighted by atomic mass is 9.88. The predicted octanol–water partition coefficient (Wildman–Crippen LogP) is 4.06. The van der Waals surface area contributed by atoms with Gasteiger partial charge in [0, 0.05) is 18.7 Å². The summed E-state index contributed by atoms with van der Waals surface area (Å²) in [5, 5.41) is 7.62. The number of halogens is 5. The van der Waals surface area contributed by atoms with E-state index in [1.165, 1.54) is 19.4 Å². The molecule has 1 amide bonds. The van der Waals surface area contributed by atoms with Gasteiger partial charge in [0.2, 0.25) is 5.91 Å². The Balaban J connectivity index is 1.66. The Labute approximate surface area is 180 Å². The molecule has 0 bridgehead atoms. The zero-order valence-corrected chi connectivity index (χ0v) is 17.2. The number of carbonyl (C=O) groups is 1. The molecule has 12 heteroatoms. The minimum absolute atomic E-state index is 0.0415. The van der Waals surface area contributed by atoms with Crippen LogP contribution in [0.15, 0.2) is 24.4 Å². The smallest absolute Gasteiger partial charge is 0.397 e. The predicted molar refractivity (Wildman–Crippen MR) is 107 cm³/mol. The molecule has 1 aliphatic heterocycles. The molecule has 1 saturated heterocycles. The molecule has 31 heavy (non-hydrogen) atoms. The molecule has 0 unspecified atom stereocenters. The van der Waals surface area contributed by atoms with Gasteiger partial charge in [-0.25, -0.2) is 4.39 Å². The van der Waals surface area contributed by atoms with E-state index in [2.05, 4.69) is 15.6 Å². The van der Waals surface area contributed by atoms with E-state index in [1.807, 2.05) is 10.3 Å². The van der Waals surface area contributed by atoms with Gasteiger partial charge in [-0.1, -0.05) is 17.7 Å². The summed E-state index contributed by atoms with van der Waals surface area (Å²) >= 11 is 6.32. The summed E-state index contributed by atoms with van der Waals surface area (Å²) in [6.45, 7) is 1.07. The molecular formula is C19H20ClF4N5O2. The van der Waals surface area contributed by atoms with E-state index in [0.29, 0.717) is 42.9 Å². The van der Waals surface area contributed by atoms with Gasteiger partial charge in [0.15, 0.2) is 5.82 Å². The van der Waals surface area contributed by atoms with Crippen LogP contribution in [0, 0.1) is 5.82 Å². The number of piperidine rings is 1. The molecular weight excluding hydrogens is 442 g/mol. The summed E-state index contributed by atoms with van der Waals surface area (Å²) in [5.41, 5.74) is 5.22. The minimum Gasteiger partial charge on any atom is -0.496 e. The maximum atomic E-state index is 14.4. The van der Waals surface area contributed by atoms with Gasteiger partial charge in [-0.05, 0) is 30.9 Å². The first-order valence-electron chi connectivity index (χ1n) is 9.39. The number of rotatable bonds is 6. The van der Waals surface area contributed by atoms with Crippen molar-refractivity contribution in [1.82, 2.24) is 15.6 Å². The van der Waals surface area contributed by atoms with Crippen molar-refractivity contribution in [2.75, 3.05) is 30.5 Å². The highest BCUT2D eigenvalue weighted by molar-refractivity contribution is 6.35. The Hall–Kier alpha value is -2.82. The number of amides is 1. The number of nitrogens with zero attached hydrogens (tertiary/aromatic N) is 3. The zero-order chi connectivity index (χ0) is 22.6.